The maximum atomic E-state index is 12.6. The number of aryl methyl sites for hydroxylation is 1. The van der Waals surface area contributed by atoms with Gasteiger partial charge in [0, 0.05) is 30.8 Å². The Morgan fingerprint density at radius 2 is 2.35 bits per heavy atom. The molecule has 1 unspecified atom stereocenters. The van der Waals surface area contributed by atoms with Crippen molar-refractivity contribution in [1.29, 1.82) is 0 Å². The number of nitro groups is 1. The van der Waals surface area contributed by atoms with Crippen LogP contribution in [0.2, 0.25) is 0 Å². The van der Waals surface area contributed by atoms with Crippen LogP contribution >= 0.6 is 0 Å². The first-order chi connectivity index (χ1) is 12.5. The van der Waals surface area contributed by atoms with Gasteiger partial charge in [0.2, 0.25) is 5.75 Å². The molecule has 1 N–H and O–H groups in total. The SMILES string of the molecule is CCc1nc(C2CN(c3ccc([N+](=O)[O-])c(OC(F)F)c3)CCO2)n[nH]1. The lowest BCUT2D eigenvalue weighted by molar-refractivity contribution is -0.386. The number of anilines is 1. The molecule has 1 atom stereocenters. The number of morpholine rings is 1. The van der Waals surface area contributed by atoms with Crippen molar-refractivity contribution in [1.82, 2.24) is 15.2 Å². The van der Waals surface area contributed by atoms with Gasteiger partial charge in [0.05, 0.1) is 18.1 Å². The van der Waals surface area contributed by atoms with Crippen molar-refractivity contribution >= 4 is 11.4 Å². The normalized spacial score (nSPS) is 17.5. The zero-order valence-corrected chi connectivity index (χ0v) is 13.9. The summed E-state index contributed by atoms with van der Waals surface area (Å²) in [5, 5.41) is 17.9. The molecular formula is C15H17F2N5O4. The van der Waals surface area contributed by atoms with Crippen molar-refractivity contribution in [2.24, 2.45) is 0 Å². The lowest BCUT2D eigenvalue weighted by Gasteiger charge is -2.33. The number of benzene rings is 1. The first-order valence-electron chi connectivity index (χ1n) is 7.99. The Morgan fingerprint density at radius 1 is 1.54 bits per heavy atom. The molecule has 2 heterocycles. The van der Waals surface area contributed by atoms with Gasteiger partial charge < -0.3 is 14.4 Å². The van der Waals surface area contributed by atoms with Crippen molar-refractivity contribution in [3.05, 3.63) is 40.0 Å². The first kappa shape index (κ1) is 18.0. The Bertz CT molecular complexity index is 785. The van der Waals surface area contributed by atoms with Gasteiger partial charge in [-0.25, -0.2) is 4.98 Å². The molecule has 11 heteroatoms. The summed E-state index contributed by atoms with van der Waals surface area (Å²) in [5.74, 6) is 0.776. The van der Waals surface area contributed by atoms with Crippen LogP contribution in [-0.4, -0.2) is 46.4 Å². The van der Waals surface area contributed by atoms with E-state index in [0.29, 0.717) is 37.6 Å². The van der Waals surface area contributed by atoms with Crippen LogP contribution in [0, 0.1) is 10.1 Å². The third-order valence-corrected chi connectivity index (χ3v) is 3.96. The molecule has 0 amide bonds. The summed E-state index contributed by atoms with van der Waals surface area (Å²) < 4.78 is 35.1. The van der Waals surface area contributed by atoms with E-state index in [9.17, 15) is 18.9 Å². The van der Waals surface area contributed by atoms with Gasteiger partial charge in [-0.15, -0.1) is 0 Å². The zero-order valence-electron chi connectivity index (χ0n) is 13.9. The average molecular weight is 369 g/mol. The smallest absolute Gasteiger partial charge is 0.387 e. The van der Waals surface area contributed by atoms with Crippen LogP contribution < -0.4 is 9.64 Å². The lowest BCUT2D eigenvalue weighted by atomic mass is 10.2. The summed E-state index contributed by atoms with van der Waals surface area (Å²) in [4.78, 5) is 16.4. The van der Waals surface area contributed by atoms with E-state index in [-0.39, 0.29) is 0 Å². The summed E-state index contributed by atoms with van der Waals surface area (Å²) >= 11 is 0. The van der Waals surface area contributed by atoms with Gasteiger partial charge in [0.1, 0.15) is 11.9 Å². The van der Waals surface area contributed by atoms with E-state index in [4.69, 9.17) is 4.74 Å². The lowest BCUT2D eigenvalue weighted by Crippen LogP contribution is -2.38. The van der Waals surface area contributed by atoms with E-state index in [0.717, 1.165) is 11.9 Å². The molecule has 0 saturated carbocycles. The number of ether oxygens (including phenoxy) is 2. The van der Waals surface area contributed by atoms with Crippen LogP contribution in [0.4, 0.5) is 20.2 Å². The van der Waals surface area contributed by atoms with E-state index in [1.165, 1.54) is 12.1 Å². The molecule has 3 rings (SSSR count). The fourth-order valence-electron chi connectivity index (χ4n) is 2.69. The Kier molecular flexibility index (Phi) is 5.26. The number of halogens is 2. The van der Waals surface area contributed by atoms with Crippen LogP contribution in [0.5, 0.6) is 5.75 Å². The van der Waals surface area contributed by atoms with Gasteiger partial charge in [0.15, 0.2) is 5.82 Å². The van der Waals surface area contributed by atoms with Crippen molar-refractivity contribution < 1.29 is 23.2 Å². The van der Waals surface area contributed by atoms with Crippen LogP contribution in [-0.2, 0) is 11.2 Å². The minimum absolute atomic E-state index is 0.378. The summed E-state index contributed by atoms with van der Waals surface area (Å²) in [7, 11) is 0. The second-order valence-electron chi connectivity index (χ2n) is 5.59. The third-order valence-electron chi connectivity index (χ3n) is 3.96. The van der Waals surface area contributed by atoms with Gasteiger partial charge in [-0.1, -0.05) is 6.92 Å². The number of aromatic nitrogens is 3. The highest BCUT2D eigenvalue weighted by Gasteiger charge is 2.27. The Balaban J connectivity index is 1.82. The molecule has 1 saturated heterocycles. The average Bonchev–Trinajstić information content (AvgIpc) is 3.10. The topological polar surface area (TPSA) is 106 Å². The molecule has 26 heavy (non-hydrogen) atoms. The Morgan fingerprint density at radius 3 is 3.00 bits per heavy atom. The molecule has 2 aromatic rings. The molecule has 1 aliphatic heterocycles. The fourth-order valence-corrected chi connectivity index (χ4v) is 2.69. The van der Waals surface area contributed by atoms with E-state index in [1.807, 2.05) is 11.8 Å². The van der Waals surface area contributed by atoms with Crippen molar-refractivity contribution in [2.75, 3.05) is 24.6 Å². The molecule has 0 spiro atoms. The molecule has 0 bridgehead atoms. The van der Waals surface area contributed by atoms with Gasteiger partial charge in [-0.3, -0.25) is 15.2 Å². The van der Waals surface area contributed by atoms with Gasteiger partial charge >= 0.3 is 12.3 Å². The van der Waals surface area contributed by atoms with Crippen molar-refractivity contribution in [3.8, 4) is 5.75 Å². The Hall–Kier alpha value is -2.82. The second kappa shape index (κ2) is 7.60. The molecule has 0 radical (unpaired) electrons. The molecule has 9 nitrogen and oxygen atoms in total. The number of nitrogens with one attached hydrogen (secondary N) is 1. The van der Waals surface area contributed by atoms with Gasteiger partial charge in [0.25, 0.3) is 0 Å². The number of nitro benzene ring substituents is 1. The highest BCUT2D eigenvalue weighted by Crippen LogP contribution is 2.34. The molecule has 140 valence electrons. The zero-order chi connectivity index (χ0) is 18.7. The van der Waals surface area contributed by atoms with Gasteiger partial charge in [-0.05, 0) is 6.07 Å². The molecule has 1 aromatic carbocycles. The van der Waals surface area contributed by atoms with Gasteiger partial charge in [-0.2, -0.15) is 13.9 Å². The van der Waals surface area contributed by atoms with Crippen LogP contribution in [0.25, 0.3) is 0 Å². The highest BCUT2D eigenvalue weighted by atomic mass is 19.3. The highest BCUT2D eigenvalue weighted by molar-refractivity contribution is 5.59. The quantitative estimate of drug-likeness (QED) is 0.616. The standard InChI is InChI=1S/C15H17F2N5O4/c1-2-13-18-14(20-19-13)12-8-21(5-6-25-12)9-3-4-10(22(23)24)11(7-9)26-15(16)17/h3-4,7,12,15H,2,5-6,8H2,1H3,(H,18,19,20). The van der Waals surface area contributed by atoms with Crippen LogP contribution in [0.1, 0.15) is 24.7 Å². The maximum Gasteiger partial charge on any atom is 0.387 e. The maximum absolute atomic E-state index is 12.6. The van der Waals surface area contributed by atoms with E-state index >= 15 is 0 Å². The molecule has 1 aliphatic rings. The monoisotopic (exact) mass is 369 g/mol. The van der Waals surface area contributed by atoms with E-state index in [1.54, 1.807) is 0 Å². The third kappa shape index (κ3) is 3.87. The second-order valence-corrected chi connectivity index (χ2v) is 5.59. The minimum Gasteiger partial charge on any atom is -0.427 e. The molecular weight excluding hydrogens is 352 g/mol. The van der Waals surface area contributed by atoms with Crippen LogP contribution in [0.15, 0.2) is 18.2 Å². The number of alkyl halides is 2. The summed E-state index contributed by atoms with van der Waals surface area (Å²) in [6.45, 7) is 0.0464. The van der Waals surface area contributed by atoms with E-state index in [2.05, 4.69) is 19.9 Å². The number of hydrogen-bond donors (Lipinski definition) is 1. The number of aromatic amines is 1. The number of rotatable bonds is 6. The number of nitrogens with zero attached hydrogens (tertiary/aromatic N) is 4. The fraction of sp³-hybridized carbons (Fsp3) is 0.467. The van der Waals surface area contributed by atoms with Crippen molar-refractivity contribution in [2.45, 2.75) is 26.1 Å². The summed E-state index contributed by atoms with van der Waals surface area (Å²) in [6.07, 6.45) is 0.315. The molecule has 1 aromatic heterocycles. The predicted molar refractivity (Wildman–Crippen MR) is 86.4 cm³/mol. The van der Waals surface area contributed by atoms with E-state index < -0.39 is 29.1 Å². The van der Waals surface area contributed by atoms with Crippen LogP contribution in [0.3, 0.4) is 0 Å². The molecule has 0 aliphatic carbocycles. The summed E-state index contributed by atoms with van der Waals surface area (Å²) in [5.41, 5.74) is 0.00576. The Labute approximate surface area is 147 Å². The largest absolute Gasteiger partial charge is 0.427 e. The van der Waals surface area contributed by atoms with Crippen molar-refractivity contribution in [3.63, 3.8) is 0 Å². The predicted octanol–water partition coefficient (Wildman–Crippen LogP) is 2.45. The molecule has 1 fully saturated rings. The number of H-pyrrole nitrogens is 1. The minimum atomic E-state index is -3.15. The summed E-state index contributed by atoms with van der Waals surface area (Å²) in [6, 6.07) is 3.88. The first-order valence-corrected chi connectivity index (χ1v) is 7.99. The number of hydrogen-bond acceptors (Lipinski definition) is 7.